The topological polar surface area (TPSA) is 25.2 Å². The van der Waals surface area contributed by atoms with Crippen LogP contribution in [0.3, 0.4) is 0 Å². The van der Waals surface area contributed by atoms with E-state index in [9.17, 15) is 0 Å². The van der Waals surface area contributed by atoms with E-state index in [1.165, 1.54) is 0 Å². The van der Waals surface area contributed by atoms with Gasteiger partial charge in [-0.2, -0.15) is 0 Å². The highest BCUT2D eigenvalue weighted by Crippen LogP contribution is 2.33. The van der Waals surface area contributed by atoms with Crippen LogP contribution in [0.15, 0.2) is 39.2 Å². The fourth-order valence-electron chi connectivity index (χ4n) is 2.00. The average Bonchev–Trinajstić information content (AvgIpc) is 2.81. The van der Waals surface area contributed by atoms with Gasteiger partial charge in [0.15, 0.2) is 0 Å². The lowest BCUT2D eigenvalue weighted by Crippen LogP contribution is -2.23. The van der Waals surface area contributed by atoms with Crippen LogP contribution < -0.4 is 5.32 Å². The van der Waals surface area contributed by atoms with Crippen molar-refractivity contribution in [1.29, 1.82) is 0 Å². The van der Waals surface area contributed by atoms with Gasteiger partial charge in [0, 0.05) is 4.47 Å². The number of nitrogens with one attached hydrogen (secondary N) is 1. The minimum Gasteiger partial charge on any atom is -0.464 e. The Labute approximate surface area is 127 Å². The Morgan fingerprint density at radius 3 is 2.74 bits per heavy atom. The molecule has 0 aliphatic carbocycles. The van der Waals surface area contributed by atoms with Gasteiger partial charge in [-0.25, -0.2) is 0 Å². The van der Waals surface area contributed by atoms with Gasteiger partial charge in [-0.3, -0.25) is 0 Å². The van der Waals surface area contributed by atoms with E-state index in [1.54, 1.807) is 0 Å². The Bertz CT molecular complexity index is 553. The minimum atomic E-state index is -0.0151. The summed E-state index contributed by atoms with van der Waals surface area (Å²) in [5, 5.41) is 4.21. The molecule has 2 rings (SSSR count). The summed E-state index contributed by atoms with van der Waals surface area (Å²) in [6.45, 7) is 5.00. The van der Waals surface area contributed by atoms with Gasteiger partial charge in [-0.05, 0) is 59.6 Å². The maximum atomic E-state index is 6.40. The molecule has 0 aliphatic rings. The van der Waals surface area contributed by atoms with Crippen molar-refractivity contribution < 1.29 is 4.42 Å². The first-order valence-electron chi connectivity index (χ1n) is 6.37. The summed E-state index contributed by atoms with van der Waals surface area (Å²) >= 11 is 9.87. The van der Waals surface area contributed by atoms with Crippen molar-refractivity contribution in [2.24, 2.45) is 0 Å². The summed E-state index contributed by atoms with van der Waals surface area (Å²) in [6, 6.07) is 9.91. The first-order chi connectivity index (χ1) is 9.13. The maximum absolute atomic E-state index is 6.40. The zero-order valence-electron chi connectivity index (χ0n) is 11.0. The summed E-state index contributed by atoms with van der Waals surface area (Å²) in [4.78, 5) is 0. The van der Waals surface area contributed by atoms with Crippen LogP contribution in [0.5, 0.6) is 0 Å². The largest absolute Gasteiger partial charge is 0.464 e. The van der Waals surface area contributed by atoms with Crippen LogP contribution in [0.25, 0.3) is 0 Å². The summed E-state index contributed by atoms with van der Waals surface area (Å²) in [6.07, 6.45) is 1.06. The fourth-order valence-corrected chi connectivity index (χ4v) is 2.62. The molecule has 2 aromatic rings. The third-order valence-corrected chi connectivity index (χ3v) is 4.25. The van der Waals surface area contributed by atoms with Crippen LogP contribution in [0, 0.1) is 6.92 Å². The monoisotopic (exact) mass is 341 g/mol. The van der Waals surface area contributed by atoms with E-state index in [4.69, 9.17) is 16.0 Å². The van der Waals surface area contributed by atoms with Crippen molar-refractivity contribution in [3.8, 4) is 0 Å². The molecule has 0 radical (unpaired) electrons. The highest BCUT2D eigenvalue weighted by Gasteiger charge is 2.20. The lowest BCUT2D eigenvalue weighted by atomic mass is 10.0. The number of hydrogen-bond donors (Lipinski definition) is 1. The number of hydrogen-bond acceptors (Lipinski definition) is 2. The summed E-state index contributed by atoms with van der Waals surface area (Å²) in [5.41, 5.74) is 1.03. The first kappa shape index (κ1) is 14.6. The molecule has 1 heterocycles. The smallest absolute Gasteiger partial charge is 0.125 e. The molecule has 0 amide bonds. The average molecular weight is 343 g/mol. The Morgan fingerprint density at radius 2 is 2.11 bits per heavy atom. The number of rotatable bonds is 5. The Kier molecular flexibility index (Phi) is 5.08. The second kappa shape index (κ2) is 6.60. The third-order valence-electron chi connectivity index (χ3n) is 2.94. The SMILES string of the molecule is CCCNC(c1ccc(C)o1)c1cccc(Br)c1Cl. The van der Waals surface area contributed by atoms with Crippen molar-refractivity contribution in [2.45, 2.75) is 26.3 Å². The molecule has 0 fully saturated rings. The van der Waals surface area contributed by atoms with Crippen molar-refractivity contribution in [3.05, 3.63) is 56.9 Å². The maximum Gasteiger partial charge on any atom is 0.125 e. The van der Waals surface area contributed by atoms with Gasteiger partial charge in [0.05, 0.1) is 11.1 Å². The molecular weight excluding hydrogens is 326 g/mol. The Balaban J connectivity index is 2.39. The second-order valence-electron chi connectivity index (χ2n) is 4.48. The van der Waals surface area contributed by atoms with Crippen molar-refractivity contribution in [2.75, 3.05) is 6.54 Å². The quantitative estimate of drug-likeness (QED) is 0.818. The zero-order valence-corrected chi connectivity index (χ0v) is 13.4. The minimum absolute atomic E-state index is 0.0151. The second-order valence-corrected chi connectivity index (χ2v) is 5.71. The number of aryl methyl sites for hydroxylation is 1. The van der Waals surface area contributed by atoms with Gasteiger partial charge < -0.3 is 9.73 Å². The van der Waals surface area contributed by atoms with E-state index in [1.807, 2.05) is 37.3 Å². The van der Waals surface area contributed by atoms with Crippen LogP contribution in [-0.4, -0.2) is 6.54 Å². The highest BCUT2D eigenvalue weighted by atomic mass is 79.9. The Hall–Kier alpha value is -0.770. The summed E-state index contributed by atoms with van der Waals surface area (Å²) in [5.74, 6) is 1.80. The molecule has 0 bridgehead atoms. The van der Waals surface area contributed by atoms with Crippen LogP contribution >= 0.6 is 27.5 Å². The molecular formula is C15H17BrClNO. The normalized spacial score (nSPS) is 12.6. The van der Waals surface area contributed by atoms with Gasteiger partial charge in [0.2, 0.25) is 0 Å². The highest BCUT2D eigenvalue weighted by molar-refractivity contribution is 9.10. The molecule has 4 heteroatoms. The summed E-state index contributed by atoms with van der Waals surface area (Å²) in [7, 11) is 0. The Morgan fingerprint density at radius 1 is 1.32 bits per heavy atom. The molecule has 1 aromatic carbocycles. The number of halogens is 2. The third kappa shape index (κ3) is 3.41. The van der Waals surface area contributed by atoms with Gasteiger partial charge >= 0.3 is 0 Å². The molecule has 0 saturated heterocycles. The van der Waals surface area contributed by atoms with Crippen LogP contribution in [0.4, 0.5) is 0 Å². The molecule has 0 saturated carbocycles. The molecule has 102 valence electrons. The van der Waals surface area contributed by atoms with Crippen molar-refractivity contribution in [3.63, 3.8) is 0 Å². The van der Waals surface area contributed by atoms with E-state index >= 15 is 0 Å². The van der Waals surface area contributed by atoms with Gasteiger partial charge in [0.1, 0.15) is 11.5 Å². The molecule has 19 heavy (non-hydrogen) atoms. The lowest BCUT2D eigenvalue weighted by molar-refractivity contribution is 0.430. The molecule has 1 aromatic heterocycles. The fraction of sp³-hybridized carbons (Fsp3) is 0.333. The van der Waals surface area contributed by atoms with Gasteiger partial charge in [-0.1, -0.05) is 30.7 Å². The van der Waals surface area contributed by atoms with Crippen molar-refractivity contribution >= 4 is 27.5 Å². The zero-order chi connectivity index (χ0) is 13.8. The van der Waals surface area contributed by atoms with E-state index in [-0.39, 0.29) is 6.04 Å². The van der Waals surface area contributed by atoms with Crippen LogP contribution in [-0.2, 0) is 0 Å². The molecule has 0 aliphatic heterocycles. The predicted octanol–water partition coefficient (Wildman–Crippen LogP) is 5.09. The van der Waals surface area contributed by atoms with Crippen LogP contribution in [0.1, 0.15) is 36.5 Å². The van der Waals surface area contributed by atoms with E-state index in [0.29, 0.717) is 0 Å². The predicted molar refractivity (Wildman–Crippen MR) is 82.7 cm³/mol. The van der Waals surface area contributed by atoms with Gasteiger partial charge in [-0.15, -0.1) is 0 Å². The van der Waals surface area contributed by atoms with E-state index in [0.717, 1.165) is 39.5 Å². The lowest BCUT2D eigenvalue weighted by Gasteiger charge is -2.18. The first-order valence-corrected chi connectivity index (χ1v) is 7.54. The molecule has 2 nitrogen and oxygen atoms in total. The summed E-state index contributed by atoms with van der Waals surface area (Å²) < 4.78 is 6.66. The number of benzene rings is 1. The molecule has 1 atom stereocenters. The van der Waals surface area contributed by atoms with E-state index < -0.39 is 0 Å². The number of furan rings is 1. The van der Waals surface area contributed by atoms with Crippen LogP contribution in [0.2, 0.25) is 5.02 Å². The van der Waals surface area contributed by atoms with Crippen molar-refractivity contribution in [1.82, 2.24) is 5.32 Å². The van der Waals surface area contributed by atoms with E-state index in [2.05, 4.69) is 28.2 Å². The van der Waals surface area contributed by atoms with Gasteiger partial charge in [0.25, 0.3) is 0 Å². The molecule has 1 unspecified atom stereocenters. The standard InChI is InChI=1S/C15H17BrClNO/c1-3-9-18-15(13-8-7-10(2)19-13)11-5-4-6-12(16)14(11)17/h4-8,15,18H,3,9H2,1-2H3. The molecule has 0 spiro atoms. The molecule has 1 N–H and O–H groups in total.